The van der Waals surface area contributed by atoms with E-state index in [9.17, 15) is 0 Å². The van der Waals surface area contributed by atoms with Gasteiger partial charge in [-0.25, -0.2) is 4.68 Å². The monoisotopic (exact) mass is 269 g/mol. The first-order valence-electron chi connectivity index (χ1n) is 5.57. The van der Waals surface area contributed by atoms with Crippen LogP contribution in [0.25, 0.3) is 17.1 Å². The minimum absolute atomic E-state index is 0.454. The van der Waals surface area contributed by atoms with Crippen LogP contribution in [0.3, 0.4) is 0 Å². The molecule has 0 spiro atoms. The lowest BCUT2D eigenvalue weighted by Crippen LogP contribution is -1.94. The van der Waals surface area contributed by atoms with Crippen LogP contribution in [0.5, 0.6) is 0 Å². The fraction of sp³-hybridized carbons (Fsp3) is 0. The van der Waals surface area contributed by atoms with Gasteiger partial charge in [-0.1, -0.05) is 17.7 Å². The zero-order valence-corrected chi connectivity index (χ0v) is 10.5. The van der Waals surface area contributed by atoms with E-state index >= 15 is 0 Å². The van der Waals surface area contributed by atoms with Gasteiger partial charge in [-0.05, 0) is 30.3 Å². The first-order valence-corrected chi connectivity index (χ1v) is 5.95. The molecule has 92 valence electrons. The zero-order valence-electron chi connectivity index (χ0n) is 9.75. The second-order valence-corrected chi connectivity index (χ2v) is 4.34. The quantitative estimate of drug-likeness (QED) is 0.713. The van der Waals surface area contributed by atoms with Gasteiger partial charge >= 0.3 is 0 Å². The molecule has 0 aliphatic rings. The van der Waals surface area contributed by atoms with E-state index < -0.39 is 0 Å². The number of aromatic nitrogens is 2. The molecule has 0 aliphatic heterocycles. The van der Waals surface area contributed by atoms with Gasteiger partial charge < -0.3 is 4.42 Å². The second kappa shape index (κ2) is 4.63. The summed E-state index contributed by atoms with van der Waals surface area (Å²) in [6, 6.07) is 12.9. The van der Waals surface area contributed by atoms with E-state index in [1.54, 1.807) is 41.4 Å². The highest BCUT2D eigenvalue weighted by molar-refractivity contribution is 6.30. The molecule has 2 aromatic heterocycles. The van der Waals surface area contributed by atoms with Gasteiger partial charge in [-0.15, -0.1) is 0 Å². The fourth-order valence-electron chi connectivity index (χ4n) is 1.80. The average Bonchev–Trinajstić information content (AvgIpc) is 3.07. The first-order chi connectivity index (χ1) is 9.28. The SMILES string of the molecule is N#Cc1cn(-c2cccc(Cl)c2)nc1-c1ccco1. The molecule has 0 radical (unpaired) electrons. The molecule has 0 bridgehead atoms. The van der Waals surface area contributed by atoms with Crippen LogP contribution in [0.1, 0.15) is 5.56 Å². The molecule has 3 rings (SSSR count). The van der Waals surface area contributed by atoms with E-state index in [4.69, 9.17) is 21.3 Å². The average molecular weight is 270 g/mol. The topological polar surface area (TPSA) is 54.8 Å². The number of rotatable bonds is 2. The number of nitrogens with zero attached hydrogens (tertiary/aromatic N) is 3. The lowest BCUT2D eigenvalue weighted by atomic mass is 10.2. The second-order valence-electron chi connectivity index (χ2n) is 3.90. The van der Waals surface area contributed by atoms with Crippen LogP contribution in [-0.2, 0) is 0 Å². The summed E-state index contributed by atoms with van der Waals surface area (Å²) in [4.78, 5) is 0. The number of nitriles is 1. The molecular weight excluding hydrogens is 262 g/mol. The molecule has 5 heteroatoms. The smallest absolute Gasteiger partial charge is 0.155 e. The summed E-state index contributed by atoms with van der Waals surface area (Å²) in [6.45, 7) is 0. The molecular formula is C14H8ClN3O. The maximum atomic E-state index is 9.16. The van der Waals surface area contributed by atoms with Crippen molar-refractivity contribution in [1.82, 2.24) is 9.78 Å². The van der Waals surface area contributed by atoms with Gasteiger partial charge in [0.2, 0.25) is 0 Å². The number of hydrogen-bond acceptors (Lipinski definition) is 3. The highest BCUT2D eigenvalue weighted by Crippen LogP contribution is 2.24. The van der Waals surface area contributed by atoms with E-state index in [1.165, 1.54) is 0 Å². The van der Waals surface area contributed by atoms with Crippen molar-refractivity contribution in [2.24, 2.45) is 0 Å². The van der Waals surface area contributed by atoms with Crippen molar-refractivity contribution in [3.63, 3.8) is 0 Å². The van der Waals surface area contributed by atoms with Crippen molar-refractivity contribution in [2.75, 3.05) is 0 Å². The molecule has 0 N–H and O–H groups in total. The van der Waals surface area contributed by atoms with Crippen LogP contribution >= 0.6 is 11.6 Å². The summed E-state index contributed by atoms with van der Waals surface area (Å²) in [7, 11) is 0. The Bertz CT molecular complexity index is 753. The molecule has 19 heavy (non-hydrogen) atoms. The van der Waals surface area contributed by atoms with E-state index in [0.29, 0.717) is 22.0 Å². The fourth-order valence-corrected chi connectivity index (χ4v) is 1.99. The Kier molecular flexibility index (Phi) is 2.82. The molecule has 0 saturated heterocycles. The van der Waals surface area contributed by atoms with Gasteiger partial charge in [0.15, 0.2) is 5.76 Å². The van der Waals surface area contributed by atoms with Crippen molar-refractivity contribution in [1.29, 1.82) is 5.26 Å². The van der Waals surface area contributed by atoms with Crippen molar-refractivity contribution in [2.45, 2.75) is 0 Å². The minimum Gasteiger partial charge on any atom is -0.463 e. The molecule has 1 aromatic carbocycles. The molecule has 0 saturated carbocycles. The van der Waals surface area contributed by atoms with Gasteiger partial charge in [0.1, 0.15) is 17.3 Å². The molecule has 0 unspecified atom stereocenters. The van der Waals surface area contributed by atoms with Crippen LogP contribution in [0.4, 0.5) is 0 Å². The van der Waals surface area contributed by atoms with Crippen molar-refractivity contribution in [3.8, 4) is 23.2 Å². The molecule has 3 aromatic rings. The van der Waals surface area contributed by atoms with Crippen LogP contribution < -0.4 is 0 Å². The summed E-state index contributed by atoms with van der Waals surface area (Å²) >= 11 is 5.95. The highest BCUT2D eigenvalue weighted by atomic mass is 35.5. The van der Waals surface area contributed by atoms with Crippen molar-refractivity contribution in [3.05, 3.63) is 59.4 Å². The van der Waals surface area contributed by atoms with Crippen LogP contribution in [0.15, 0.2) is 53.3 Å². The summed E-state index contributed by atoms with van der Waals surface area (Å²) in [5.41, 5.74) is 1.77. The third-order valence-electron chi connectivity index (χ3n) is 2.66. The zero-order chi connectivity index (χ0) is 13.2. The molecule has 0 atom stereocenters. The Balaban J connectivity index is 2.13. The standard InChI is InChI=1S/C14H8ClN3O/c15-11-3-1-4-12(7-11)18-9-10(8-16)14(17-18)13-5-2-6-19-13/h1-7,9H. The van der Waals surface area contributed by atoms with Crippen LogP contribution in [0.2, 0.25) is 5.02 Å². The molecule has 0 fully saturated rings. The van der Waals surface area contributed by atoms with Crippen LogP contribution in [-0.4, -0.2) is 9.78 Å². The summed E-state index contributed by atoms with van der Waals surface area (Å²) < 4.78 is 6.90. The van der Waals surface area contributed by atoms with Gasteiger partial charge in [0.25, 0.3) is 0 Å². The molecule has 4 nitrogen and oxygen atoms in total. The Morgan fingerprint density at radius 1 is 1.26 bits per heavy atom. The first kappa shape index (κ1) is 11.6. The maximum Gasteiger partial charge on any atom is 0.155 e. The van der Waals surface area contributed by atoms with E-state index in [1.807, 2.05) is 12.1 Å². The Hall–Kier alpha value is -2.51. The van der Waals surface area contributed by atoms with E-state index in [2.05, 4.69) is 11.2 Å². The predicted octanol–water partition coefficient (Wildman–Crippen LogP) is 3.66. The largest absolute Gasteiger partial charge is 0.463 e. The summed E-state index contributed by atoms with van der Waals surface area (Å²) in [5, 5.41) is 14.2. The molecule has 0 aliphatic carbocycles. The number of halogens is 1. The molecule has 0 amide bonds. The maximum absolute atomic E-state index is 9.16. The Labute approximate surface area is 114 Å². The summed E-state index contributed by atoms with van der Waals surface area (Å²) in [5.74, 6) is 0.567. The van der Waals surface area contributed by atoms with Gasteiger partial charge in [-0.2, -0.15) is 10.4 Å². The number of benzene rings is 1. The van der Waals surface area contributed by atoms with Gasteiger partial charge in [0, 0.05) is 11.2 Å². The van der Waals surface area contributed by atoms with E-state index in [0.717, 1.165) is 5.69 Å². The highest BCUT2D eigenvalue weighted by Gasteiger charge is 2.14. The minimum atomic E-state index is 0.454. The Morgan fingerprint density at radius 3 is 2.84 bits per heavy atom. The number of hydrogen-bond donors (Lipinski definition) is 0. The Morgan fingerprint density at radius 2 is 2.16 bits per heavy atom. The predicted molar refractivity (Wildman–Crippen MR) is 71.0 cm³/mol. The van der Waals surface area contributed by atoms with Gasteiger partial charge in [0.05, 0.1) is 12.0 Å². The normalized spacial score (nSPS) is 10.3. The van der Waals surface area contributed by atoms with Crippen LogP contribution in [0, 0.1) is 11.3 Å². The summed E-state index contributed by atoms with van der Waals surface area (Å²) in [6.07, 6.45) is 3.21. The molecule has 2 heterocycles. The lowest BCUT2D eigenvalue weighted by molar-refractivity contribution is 0.579. The van der Waals surface area contributed by atoms with E-state index in [-0.39, 0.29) is 0 Å². The van der Waals surface area contributed by atoms with Crippen molar-refractivity contribution >= 4 is 11.6 Å². The van der Waals surface area contributed by atoms with Crippen molar-refractivity contribution < 1.29 is 4.42 Å². The lowest BCUT2D eigenvalue weighted by Gasteiger charge is -2.00. The van der Waals surface area contributed by atoms with Gasteiger partial charge in [-0.3, -0.25) is 0 Å². The third-order valence-corrected chi connectivity index (χ3v) is 2.90. The number of furan rings is 1. The third kappa shape index (κ3) is 2.12.